The number of benzene rings is 1. The molecule has 1 aromatic heterocycles. The van der Waals surface area contributed by atoms with E-state index < -0.39 is 0 Å². The van der Waals surface area contributed by atoms with Gasteiger partial charge in [-0.3, -0.25) is 9.69 Å². The Bertz CT molecular complexity index is 860. The summed E-state index contributed by atoms with van der Waals surface area (Å²) in [4.78, 5) is 22.0. The number of H-pyrrole nitrogens is 1. The summed E-state index contributed by atoms with van der Waals surface area (Å²) in [5.74, 6) is 0.940. The molecule has 0 radical (unpaired) electrons. The highest BCUT2D eigenvalue weighted by atomic mass is 32.2. The second kappa shape index (κ2) is 6.45. The highest BCUT2D eigenvalue weighted by molar-refractivity contribution is 7.98. The molecule has 5 nitrogen and oxygen atoms in total. The van der Waals surface area contributed by atoms with Crippen LogP contribution in [0.5, 0.6) is 5.75 Å². The molecule has 1 N–H and O–H groups in total. The fourth-order valence-electron chi connectivity index (χ4n) is 3.23. The Kier molecular flexibility index (Phi) is 4.16. The lowest BCUT2D eigenvalue weighted by atomic mass is 10.0. The van der Waals surface area contributed by atoms with Gasteiger partial charge in [0.1, 0.15) is 12.4 Å². The molecule has 0 aliphatic carbocycles. The predicted molar refractivity (Wildman–Crippen MR) is 95.5 cm³/mol. The number of hydrogen-bond donors (Lipinski definition) is 1. The SMILES string of the molecule is CSc1nc2c(c(=O)[nH]1)CN(CC1=Cc3ccccc3OC1)CC2. The second-order valence-electron chi connectivity index (χ2n) is 6.09. The summed E-state index contributed by atoms with van der Waals surface area (Å²) in [5.41, 5.74) is 4.10. The van der Waals surface area contributed by atoms with E-state index in [0.29, 0.717) is 18.3 Å². The zero-order valence-electron chi connectivity index (χ0n) is 13.5. The number of aromatic nitrogens is 2. The summed E-state index contributed by atoms with van der Waals surface area (Å²) in [5, 5.41) is 0.701. The minimum atomic E-state index is -0.00623. The van der Waals surface area contributed by atoms with Crippen LogP contribution in [0.2, 0.25) is 0 Å². The van der Waals surface area contributed by atoms with Crippen LogP contribution in [0.3, 0.4) is 0 Å². The van der Waals surface area contributed by atoms with Gasteiger partial charge in [-0.25, -0.2) is 4.98 Å². The number of ether oxygens (including phenoxy) is 1. The molecule has 4 rings (SSSR count). The van der Waals surface area contributed by atoms with E-state index in [1.807, 2.05) is 24.5 Å². The van der Waals surface area contributed by atoms with E-state index in [-0.39, 0.29) is 5.56 Å². The van der Waals surface area contributed by atoms with E-state index >= 15 is 0 Å². The van der Waals surface area contributed by atoms with Gasteiger partial charge in [-0.2, -0.15) is 0 Å². The maximum atomic E-state index is 12.3. The lowest BCUT2D eigenvalue weighted by Crippen LogP contribution is -2.37. The van der Waals surface area contributed by atoms with Gasteiger partial charge in [-0.05, 0) is 24.0 Å². The number of thioether (sulfide) groups is 1. The molecule has 0 unspecified atom stereocenters. The quantitative estimate of drug-likeness (QED) is 0.686. The Hall–Kier alpha value is -2.05. The molecule has 24 heavy (non-hydrogen) atoms. The van der Waals surface area contributed by atoms with Crippen LogP contribution in [-0.4, -0.2) is 40.8 Å². The molecule has 0 saturated heterocycles. The van der Waals surface area contributed by atoms with Crippen LogP contribution in [0.1, 0.15) is 16.8 Å². The largest absolute Gasteiger partial charge is 0.489 e. The van der Waals surface area contributed by atoms with Gasteiger partial charge in [-0.15, -0.1) is 0 Å². The van der Waals surface area contributed by atoms with Gasteiger partial charge < -0.3 is 9.72 Å². The van der Waals surface area contributed by atoms with Crippen molar-refractivity contribution in [3.8, 4) is 5.75 Å². The van der Waals surface area contributed by atoms with E-state index in [2.05, 4.69) is 27.0 Å². The summed E-state index contributed by atoms with van der Waals surface area (Å²) < 4.78 is 5.82. The van der Waals surface area contributed by atoms with Crippen molar-refractivity contribution < 1.29 is 4.74 Å². The van der Waals surface area contributed by atoms with E-state index in [9.17, 15) is 4.79 Å². The number of para-hydroxylation sites is 1. The summed E-state index contributed by atoms with van der Waals surface area (Å²) in [6, 6.07) is 8.07. The highest BCUT2D eigenvalue weighted by Gasteiger charge is 2.22. The number of rotatable bonds is 3. The van der Waals surface area contributed by atoms with Crippen molar-refractivity contribution >= 4 is 17.8 Å². The lowest BCUT2D eigenvalue weighted by Gasteiger charge is -2.29. The van der Waals surface area contributed by atoms with E-state index in [4.69, 9.17) is 4.74 Å². The van der Waals surface area contributed by atoms with Gasteiger partial charge in [0.15, 0.2) is 5.16 Å². The third-order valence-electron chi connectivity index (χ3n) is 4.44. The first-order valence-electron chi connectivity index (χ1n) is 8.02. The first-order chi connectivity index (χ1) is 11.7. The number of nitrogens with one attached hydrogen (secondary N) is 1. The van der Waals surface area contributed by atoms with Gasteiger partial charge in [0, 0.05) is 31.6 Å². The van der Waals surface area contributed by atoms with E-state index in [1.54, 1.807) is 0 Å². The van der Waals surface area contributed by atoms with Crippen LogP contribution >= 0.6 is 11.8 Å². The summed E-state index contributed by atoms with van der Waals surface area (Å²) in [6.45, 7) is 2.99. The maximum Gasteiger partial charge on any atom is 0.256 e. The third-order valence-corrected chi connectivity index (χ3v) is 5.02. The molecule has 2 aliphatic rings. The van der Waals surface area contributed by atoms with Crippen LogP contribution in [0.25, 0.3) is 6.08 Å². The first-order valence-corrected chi connectivity index (χ1v) is 9.25. The summed E-state index contributed by atoms with van der Waals surface area (Å²) in [7, 11) is 0. The van der Waals surface area contributed by atoms with Gasteiger partial charge in [-0.1, -0.05) is 30.0 Å². The molecule has 2 aromatic rings. The number of aromatic amines is 1. The zero-order valence-corrected chi connectivity index (χ0v) is 14.4. The van der Waals surface area contributed by atoms with Crippen molar-refractivity contribution in [3.63, 3.8) is 0 Å². The van der Waals surface area contributed by atoms with Gasteiger partial charge in [0.2, 0.25) is 0 Å². The topological polar surface area (TPSA) is 58.2 Å². The van der Waals surface area contributed by atoms with Gasteiger partial charge >= 0.3 is 0 Å². The van der Waals surface area contributed by atoms with E-state index in [1.165, 1.54) is 17.3 Å². The molecular weight excluding hydrogens is 322 g/mol. The molecule has 0 fully saturated rings. The maximum absolute atomic E-state index is 12.3. The van der Waals surface area contributed by atoms with Crippen LogP contribution in [0.4, 0.5) is 0 Å². The van der Waals surface area contributed by atoms with Crippen LogP contribution in [0.15, 0.2) is 39.8 Å². The van der Waals surface area contributed by atoms with Crippen molar-refractivity contribution in [2.24, 2.45) is 0 Å². The van der Waals surface area contributed by atoms with Crippen LogP contribution < -0.4 is 10.3 Å². The minimum Gasteiger partial charge on any atom is -0.489 e. The standard InChI is InChI=1S/C18H19N3O2S/c1-24-18-19-15-6-7-21(10-14(15)17(22)20-18)9-12-8-13-4-2-3-5-16(13)23-11-12/h2-5,8H,6-7,9-11H2,1H3,(H,19,20,22). The van der Waals surface area contributed by atoms with Crippen LogP contribution in [0, 0.1) is 0 Å². The van der Waals surface area contributed by atoms with Crippen molar-refractivity contribution in [1.82, 2.24) is 14.9 Å². The summed E-state index contributed by atoms with van der Waals surface area (Å²) >= 11 is 1.47. The molecule has 3 heterocycles. The molecule has 0 amide bonds. The van der Waals surface area contributed by atoms with Crippen molar-refractivity contribution in [2.45, 2.75) is 18.1 Å². The average molecular weight is 341 g/mol. The molecule has 0 spiro atoms. The molecule has 0 bridgehead atoms. The van der Waals surface area contributed by atoms with Crippen molar-refractivity contribution in [3.05, 3.63) is 57.0 Å². The van der Waals surface area contributed by atoms with Gasteiger partial charge in [0.25, 0.3) is 5.56 Å². The molecule has 0 saturated carbocycles. The van der Waals surface area contributed by atoms with E-state index in [0.717, 1.165) is 42.1 Å². The van der Waals surface area contributed by atoms with Gasteiger partial charge in [0.05, 0.1) is 11.3 Å². The predicted octanol–water partition coefficient (Wildman–Crippen LogP) is 2.33. The monoisotopic (exact) mass is 341 g/mol. The number of nitrogens with zero attached hydrogens (tertiary/aromatic N) is 2. The molecule has 124 valence electrons. The smallest absolute Gasteiger partial charge is 0.256 e. The number of hydrogen-bond acceptors (Lipinski definition) is 5. The Morgan fingerprint density at radius 1 is 1.38 bits per heavy atom. The Morgan fingerprint density at radius 3 is 3.12 bits per heavy atom. The number of fused-ring (bicyclic) bond motifs is 2. The molecule has 0 atom stereocenters. The normalized spacial score (nSPS) is 16.8. The first kappa shape index (κ1) is 15.5. The zero-order chi connectivity index (χ0) is 16.5. The second-order valence-corrected chi connectivity index (χ2v) is 6.89. The average Bonchev–Trinajstić information content (AvgIpc) is 2.62. The van der Waals surface area contributed by atoms with Crippen molar-refractivity contribution in [1.29, 1.82) is 0 Å². The highest BCUT2D eigenvalue weighted by Crippen LogP contribution is 2.26. The fraction of sp³-hybridized carbons (Fsp3) is 0.333. The Balaban J connectivity index is 1.52. The van der Waals surface area contributed by atoms with Crippen LogP contribution in [-0.2, 0) is 13.0 Å². The molecule has 1 aromatic carbocycles. The Morgan fingerprint density at radius 2 is 2.25 bits per heavy atom. The fourth-order valence-corrected chi connectivity index (χ4v) is 3.63. The molecule has 2 aliphatic heterocycles. The third kappa shape index (κ3) is 2.99. The lowest BCUT2D eigenvalue weighted by molar-refractivity contribution is 0.253. The Labute approximate surface area is 144 Å². The molecular formula is C18H19N3O2S. The summed E-state index contributed by atoms with van der Waals surface area (Å²) in [6.07, 6.45) is 4.94. The minimum absolute atomic E-state index is 0.00623. The molecule has 6 heteroatoms. The van der Waals surface area contributed by atoms with Crippen molar-refractivity contribution in [2.75, 3.05) is 26.0 Å².